The largest absolute Gasteiger partial charge is 0.511 e. The normalized spacial score (nSPS) is 17.4. The summed E-state index contributed by atoms with van der Waals surface area (Å²) >= 11 is 6.09. The number of aliphatic hydroxyl groups is 1. The lowest BCUT2D eigenvalue weighted by Crippen LogP contribution is -2.47. The molecule has 1 aliphatic rings. The van der Waals surface area contributed by atoms with Gasteiger partial charge in [-0.1, -0.05) is 48.0 Å². The van der Waals surface area contributed by atoms with Crippen molar-refractivity contribution in [1.82, 2.24) is 15.3 Å². The van der Waals surface area contributed by atoms with Crippen molar-refractivity contribution in [1.29, 1.82) is 0 Å². The highest BCUT2D eigenvalue weighted by Gasteiger charge is 2.45. The first-order valence-corrected chi connectivity index (χ1v) is 14.6. The minimum atomic E-state index is -1.25. The molecule has 0 radical (unpaired) electrons. The van der Waals surface area contributed by atoms with Crippen LogP contribution in [0.4, 0.5) is 0 Å². The number of ether oxygens (including phenoxy) is 2. The van der Waals surface area contributed by atoms with Crippen LogP contribution in [0.5, 0.6) is 5.75 Å². The maximum absolute atomic E-state index is 12.9. The standard InChI is InChI=1S/C34H35ClN4O4/c1-23(37-17-18-42-32(29-9-3-5-16-39-29)24-11-13-26(35)14-12-24)20-34(33(36)41)21-25-7-6-10-30(28(25)19-31(34)40)43-22-27-8-2-4-15-38-27/h2-16,19,23,32,37,40H,17-18,20-22H2,1H3,(H2,36,41). The highest BCUT2D eigenvalue weighted by molar-refractivity contribution is 6.30. The number of nitrogens with two attached hydrogens (primary N) is 1. The molecule has 0 bridgehead atoms. The molecule has 0 saturated carbocycles. The van der Waals surface area contributed by atoms with E-state index in [4.69, 9.17) is 26.8 Å². The molecule has 4 N–H and O–H groups in total. The van der Waals surface area contributed by atoms with Gasteiger partial charge in [0.05, 0.1) is 18.0 Å². The third-order valence-electron chi connectivity index (χ3n) is 7.66. The van der Waals surface area contributed by atoms with Gasteiger partial charge in [0.1, 0.15) is 29.6 Å². The van der Waals surface area contributed by atoms with Gasteiger partial charge in [-0.2, -0.15) is 0 Å². The number of aromatic nitrogens is 2. The average Bonchev–Trinajstić information content (AvgIpc) is 3.02. The third-order valence-corrected chi connectivity index (χ3v) is 7.91. The fourth-order valence-electron chi connectivity index (χ4n) is 5.45. The van der Waals surface area contributed by atoms with Gasteiger partial charge in [-0.05, 0) is 79.4 Å². The molecule has 2 heterocycles. The molecule has 4 aromatic rings. The van der Waals surface area contributed by atoms with Crippen LogP contribution < -0.4 is 15.8 Å². The van der Waals surface area contributed by atoms with Crippen LogP contribution in [0.1, 0.15) is 47.5 Å². The number of nitrogens with zero attached hydrogens (tertiary/aromatic N) is 2. The highest BCUT2D eigenvalue weighted by atomic mass is 35.5. The lowest BCUT2D eigenvalue weighted by atomic mass is 9.70. The predicted octanol–water partition coefficient (Wildman–Crippen LogP) is 5.81. The number of nitrogens with one attached hydrogen (secondary N) is 1. The Labute approximate surface area is 256 Å². The molecule has 1 amide bonds. The highest BCUT2D eigenvalue weighted by Crippen LogP contribution is 2.43. The molecule has 0 fully saturated rings. The molecule has 9 heteroatoms. The summed E-state index contributed by atoms with van der Waals surface area (Å²) in [6.07, 6.45) is 5.28. The quantitative estimate of drug-likeness (QED) is 0.166. The number of hydrogen-bond donors (Lipinski definition) is 3. The number of carbonyl (C=O) groups is 1. The molecule has 5 rings (SSSR count). The molecular weight excluding hydrogens is 564 g/mol. The monoisotopic (exact) mass is 598 g/mol. The van der Waals surface area contributed by atoms with Gasteiger partial charge in [-0.15, -0.1) is 0 Å². The first-order chi connectivity index (χ1) is 20.9. The summed E-state index contributed by atoms with van der Waals surface area (Å²) in [4.78, 5) is 21.7. The number of rotatable bonds is 13. The smallest absolute Gasteiger partial charge is 0.231 e. The van der Waals surface area contributed by atoms with Crippen molar-refractivity contribution < 1.29 is 19.4 Å². The Balaban J connectivity index is 1.23. The molecule has 3 atom stereocenters. The number of aliphatic hydroxyl groups excluding tert-OH is 1. The van der Waals surface area contributed by atoms with Gasteiger partial charge in [0, 0.05) is 35.6 Å². The number of carbonyl (C=O) groups excluding carboxylic acids is 1. The van der Waals surface area contributed by atoms with Crippen molar-refractivity contribution in [3.8, 4) is 5.75 Å². The van der Waals surface area contributed by atoms with E-state index in [-0.39, 0.29) is 30.9 Å². The Morgan fingerprint density at radius 2 is 1.81 bits per heavy atom. The van der Waals surface area contributed by atoms with Crippen molar-refractivity contribution in [2.45, 2.75) is 38.5 Å². The van der Waals surface area contributed by atoms with Crippen LogP contribution in [0.3, 0.4) is 0 Å². The molecule has 43 heavy (non-hydrogen) atoms. The van der Waals surface area contributed by atoms with Crippen LogP contribution in [0.2, 0.25) is 5.02 Å². The molecule has 0 saturated heterocycles. The van der Waals surface area contributed by atoms with Gasteiger partial charge in [-0.25, -0.2) is 0 Å². The van der Waals surface area contributed by atoms with Crippen molar-refractivity contribution >= 4 is 23.6 Å². The van der Waals surface area contributed by atoms with Gasteiger partial charge >= 0.3 is 0 Å². The molecule has 0 spiro atoms. The molecule has 222 valence electrons. The zero-order chi connectivity index (χ0) is 30.2. The van der Waals surface area contributed by atoms with E-state index in [2.05, 4.69) is 15.3 Å². The summed E-state index contributed by atoms with van der Waals surface area (Å²) < 4.78 is 12.3. The molecular formula is C34H35ClN4O4. The number of amides is 1. The molecule has 8 nitrogen and oxygen atoms in total. The van der Waals surface area contributed by atoms with Gasteiger partial charge in [-0.3, -0.25) is 14.8 Å². The maximum atomic E-state index is 12.9. The SMILES string of the molecule is CC(CC1(C(N)=O)Cc2cccc(OCc3ccccn3)c2C=C1O)NCCOC(c1ccc(Cl)cc1)c1ccccn1. The number of fused-ring (bicyclic) bond motifs is 1. The summed E-state index contributed by atoms with van der Waals surface area (Å²) in [5.41, 5.74) is 8.86. The maximum Gasteiger partial charge on any atom is 0.231 e. The fourth-order valence-corrected chi connectivity index (χ4v) is 5.57. The van der Waals surface area contributed by atoms with Gasteiger partial charge in [0.2, 0.25) is 5.91 Å². The van der Waals surface area contributed by atoms with Crippen molar-refractivity contribution in [2.24, 2.45) is 11.1 Å². The van der Waals surface area contributed by atoms with Crippen LogP contribution in [0.25, 0.3) is 6.08 Å². The Morgan fingerprint density at radius 1 is 1.05 bits per heavy atom. The van der Waals surface area contributed by atoms with Gasteiger partial charge in [0.25, 0.3) is 0 Å². The second kappa shape index (κ2) is 13.8. The first-order valence-electron chi connectivity index (χ1n) is 14.2. The molecule has 3 unspecified atom stereocenters. The second-order valence-electron chi connectivity index (χ2n) is 10.7. The van der Waals surface area contributed by atoms with E-state index >= 15 is 0 Å². The number of halogens is 1. The Hall–Kier alpha value is -4.24. The zero-order valence-electron chi connectivity index (χ0n) is 23.9. The second-order valence-corrected chi connectivity index (χ2v) is 11.1. The predicted molar refractivity (Wildman–Crippen MR) is 167 cm³/mol. The van der Waals surface area contributed by atoms with E-state index in [9.17, 15) is 9.90 Å². The summed E-state index contributed by atoms with van der Waals surface area (Å²) in [6.45, 7) is 3.16. The number of benzene rings is 2. The van der Waals surface area contributed by atoms with E-state index in [0.29, 0.717) is 30.3 Å². The lowest BCUT2D eigenvalue weighted by molar-refractivity contribution is -0.127. The fraction of sp³-hybridized carbons (Fsp3) is 0.265. The van der Waals surface area contributed by atoms with E-state index in [1.54, 1.807) is 18.5 Å². The zero-order valence-corrected chi connectivity index (χ0v) is 24.7. The molecule has 2 aromatic carbocycles. The number of pyridine rings is 2. The van der Waals surface area contributed by atoms with E-state index in [0.717, 1.165) is 28.1 Å². The minimum Gasteiger partial charge on any atom is -0.511 e. The van der Waals surface area contributed by atoms with Crippen molar-refractivity contribution in [3.05, 3.63) is 130 Å². The van der Waals surface area contributed by atoms with E-state index < -0.39 is 11.3 Å². The van der Waals surface area contributed by atoms with Crippen molar-refractivity contribution in [3.63, 3.8) is 0 Å². The van der Waals surface area contributed by atoms with Crippen molar-refractivity contribution in [2.75, 3.05) is 13.2 Å². The van der Waals surface area contributed by atoms with Crippen LogP contribution in [0, 0.1) is 5.41 Å². The minimum absolute atomic E-state index is 0.0655. The Morgan fingerprint density at radius 3 is 2.51 bits per heavy atom. The molecule has 1 aliphatic carbocycles. The van der Waals surface area contributed by atoms with Gasteiger partial charge < -0.3 is 25.6 Å². The Kier molecular flexibility index (Phi) is 9.72. The first kappa shape index (κ1) is 30.2. The van der Waals surface area contributed by atoms with Gasteiger partial charge in [0.15, 0.2) is 0 Å². The third kappa shape index (κ3) is 7.22. The summed E-state index contributed by atoms with van der Waals surface area (Å²) in [5, 5.41) is 15.3. The Bertz CT molecular complexity index is 1550. The van der Waals surface area contributed by atoms with Crippen LogP contribution >= 0.6 is 11.6 Å². The van der Waals surface area contributed by atoms with E-state index in [1.165, 1.54) is 0 Å². The topological polar surface area (TPSA) is 120 Å². The van der Waals surface area contributed by atoms with Crippen LogP contribution in [-0.4, -0.2) is 40.2 Å². The van der Waals surface area contributed by atoms with E-state index in [1.807, 2.05) is 85.8 Å². The lowest BCUT2D eigenvalue weighted by Gasteiger charge is -2.36. The van der Waals surface area contributed by atoms with Crippen LogP contribution in [-0.2, 0) is 22.6 Å². The summed E-state index contributed by atoms with van der Waals surface area (Å²) in [5.74, 6) is -0.0296. The molecule has 2 aromatic heterocycles. The summed E-state index contributed by atoms with van der Waals surface area (Å²) in [6, 6.07) is 24.4. The number of primary amides is 1. The van der Waals surface area contributed by atoms with Crippen LogP contribution in [0.15, 0.2) is 97.0 Å². The molecule has 0 aliphatic heterocycles. The summed E-state index contributed by atoms with van der Waals surface area (Å²) in [7, 11) is 0. The number of hydrogen-bond acceptors (Lipinski definition) is 7. The average molecular weight is 599 g/mol.